The Bertz CT molecular complexity index is 669. The molecule has 3 heteroatoms. The van der Waals surface area contributed by atoms with Crippen LogP contribution in [0.3, 0.4) is 0 Å². The number of hydrogen-bond donors (Lipinski definition) is 1. The van der Waals surface area contributed by atoms with E-state index in [4.69, 9.17) is 4.74 Å². The van der Waals surface area contributed by atoms with Gasteiger partial charge in [0.1, 0.15) is 5.75 Å². The Morgan fingerprint density at radius 2 is 1.64 bits per heavy atom. The summed E-state index contributed by atoms with van der Waals surface area (Å²) in [4.78, 5) is 12.4. The average Bonchev–Trinajstić information content (AvgIpc) is 2.42. The zero-order valence-electron chi connectivity index (χ0n) is 13.9. The van der Waals surface area contributed by atoms with Crippen LogP contribution in [0.15, 0.2) is 36.4 Å². The van der Waals surface area contributed by atoms with Crippen molar-refractivity contribution in [3.05, 3.63) is 58.7 Å². The lowest BCUT2D eigenvalue weighted by molar-refractivity contribution is -0.122. The van der Waals surface area contributed by atoms with E-state index in [1.54, 1.807) is 6.92 Å². The molecule has 0 unspecified atom stereocenters. The summed E-state index contributed by atoms with van der Waals surface area (Å²) in [6.45, 7) is 9.81. The van der Waals surface area contributed by atoms with Gasteiger partial charge < -0.3 is 10.1 Å². The maximum Gasteiger partial charge on any atom is 0.265 e. The number of carbonyl (C=O) groups excluding carboxylic acids is 1. The molecular formula is C19H23NO2. The molecule has 1 N–H and O–H groups in total. The van der Waals surface area contributed by atoms with E-state index in [1.807, 2.05) is 45.0 Å². The lowest BCUT2D eigenvalue weighted by Crippen LogP contribution is -2.30. The van der Waals surface area contributed by atoms with Gasteiger partial charge >= 0.3 is 0 Å². The summed E-state index contributed by atoms with van der Waals surface area (Å²) in [7, 11) is 0. The monoisotopic (exact) mass is 297 g/mol. The third-order valence-corrected chi connectivity index (χ3v) is 3.60. The first-order chi connectivity index (χ1) is 10.4. The van der Waals surface area contributed by atoms with E-state index in [0.717, 1.165) is 22.4 Å². The van der Waals surface area contributed by atoms with Crippen LogP contribution in [-0.4, -0.2) is 12.0 Å². The summed E-state index contributed by atoms with van der Waals surface area (Å²) in [6.07, 6.45) is -0.554. The number of anilines is 1. The van der Waals surface area contributed by atoms with E-state index in [0.29, 0.717) is 5.75 Å². The van der Waals surface area contributed by atoms with Crippen molar-refractivity contribution in [2.45, 2.75) is 40.7 Å². The van der Waals surface area contributed by atoms with Crippen molar-refractivity contribution in [2.24, 2.45) is 0 Å². The van der Waals surface area contributed by atoms with Gasteiger partial charge in [0.2, 0.25) is 0 Å². The van der Waals surface area contributed by atoms with Gasteiger partial charge in [0, 0.05) is 5.69 Å². The fraction of sp³-hybridized carbons (Fsp3) is 0.316. The molecule has 0 aliphatic carbocycles. The van der Waals surface area contributed by atoms with Crippen LogP contribution < -0.4 is 10.1 Å². The number of rotatable bonds is 4. The molecule has 0 aromatic heterocycles. The van der Waals surface area contributed by atoms with Crippen LogP contribution in [0.1, 0.15) is 29.2 Å². The van der Waals surface area contributed by atoms with Gasteiger partial charge in [-0.1, -0.05) is 29.8 Å². The molecule has 0 fully saturated rings. The SMILES string of the molecule is Cc1cccc(O[C@H](C)C(=O)Nc2c(C)cc(C)cc2C)c1. The molecule has 0 saturated heterocycles. The molecule has 116 valence electrons. The molecule has 2 aromatic rings. The van der Waals surface area contributed by atoms with Gasteiger partial charge in [0.05, 0.1) is 0 Å². The zero-order chi connectivity index (χ0) is 16.3. The molecule has 0 bridgehead atoms. The molecule has 0 aliphatic rings. The van der Waals surface area contributed by atoms with Crippen molar-refractivity contribution in [1.29, 1.82) is 0 Å². The molecule has 0 heterocycles. The van der Waals surface area contributed by atoms with Gasteiger partial charge in [0.25, 0.3) is 5.91 Å². The van der Waals surface area contributed by atoms with E-state index in [9.17, 15) is 4.79 Å². The average molecular weight is 297 g/mol. The van der Waals surface area contributed by atoms with Crippen LogP contribution in [0.25, 0.3) is 0 Å². The lowest BCUT2D eigenvalue weighted by atomic mass is 10.0. The molecule has 0 radical (unpaired) electrons. The summed E-state index contributed by atoms with van der Waals surface area (Å²) in [6, 6.07) is 11.8. The van der Waals surface area contributed by atoms with Crippen LogP contribution in [0.4, 0.5) is 5.69 Å². The number of benzene rings is 2. The van der Waals surface area contributed by atoms with Gasteiger partial charge in [-0.2, -0.15) is 0 Å². The summed E-state index contributed by atoms with van der Waals surface area (Å²) < 4.78 is 5.72. The van der Waals surface area contributed by atoms with Crippen molar-refractivity contribution in [2.75, 3.05) is 5.32 Å². The lowest BCUT2D eigenvalue weighted by Gasteiger charge is -2.17. The quantitative estimate of drug-likeness (QED) is 0.912. The number of amides is 1. The van der Waals surface area contributed by atoms with Crippen molar-refractivity contribution in [1.82, 2.24) is 0 Å². The van der Waals surface area contributed by atoms with Gasteiger partial charge in [-0.15, -0.1) is 0 Å². The summed E-state index contributed by atoms with van der Waals surface area (Å²) >= 11 is 0. The topological polar surface area (TPSA) is 38.3 Å². The molecule has 1 amide bonds. The second kappa shape index (κ2) is 6.65. The molecule has 3 nitrogen and oxygen atoms in total. The van der Waals surface area contributed by atoms with E-state index in [2.05, 4.69) is 24.4 Å². The first-order valence-corrected chi connectivity index (χ1v) is 7.49. The predicted molar refractivity (Wildman–Crippen MR) is 90.6 cm³/mol. The zero-order valence-corrected chi connectivity index (χ0v) is 13.9. The fourth-order valence-corrected chi connectivity index (χ4v) is 2.55. The number of nitrogens with one attached hydrogen (secondary N) is 1. The van der Waals surface area contributed by atoms with Crippen molar-refractivity contribution < 1.29 is 9.53 Å². The van der Waals surface area contributed by atoms with Gasteiger partial charge in [0.15, 0.2) is 6.10 Å². The van der Waals surface area contributed by atoms with E-state index in [1.165, 1.54) is 5.56 Å². The largest absolute Gasteiger partial charge is 0.481 e. The minimum Gasteiger partial charge on any atom is -0.481 e. The number of aryl methyl sites for hydroxylation is 4. The van der Waals surface area contributed by atoms with Crippen LogP contribution >= 0.6 is 0 Å². The van der Waals surface area contributed by atoms with E-state index in [-0.39, 0.29) is 5.91 Å². The molecule has 2 rings (SSSR count). The fourth-order valence-electron chi connectivity index (χ4n) is 2.55. The molecule has 22 heavy (non-hydrogen) atoms. The molecular weight excluding hydrogens is 274 g/mol. The van der Waals surface area contributed by atoms with Crippen molar-refractivity contribution in [3.8, 4) is 5.75 Å². The molecule has 1 atom stereocenters. The van der Waals surface area contributed by atoms with Crippen LogP contribution in [-0.2, 0) is 4.79 Å². The van der Waals surface area contributed by atoms with Gasteiger partial charge in [-0.05, 0) is 63.4 Å². The Morgan fingerprint density at radius 1 is 1.00 bits per heavy atom. The molecule has 2 aromatic carbocycles. The van der Waals surface area contributed by atoms with Crippen LogP contribution in [0, 0.1) is 27.7 Å². The van der Waals surface area contributed by atoms with Crippen LogP contribution in [0.5, 0.6) is 5.75 Å². The summed E-state index contributed by atoms with van der Waals surface area (Å²) in [5.41, 5.74) is 5.30. The van der Waals surface area contributed by atoms with Gasteiger partial charge in [-0.25, -0.2) is 0 Å². The van der Waals surface area contributed by atoms with Crippen molar-refractivity contribution >= 4 is 11.6 Å². The highest BCUT2D eigenvalue weighted by Crippen LogP contribution is 2.22. The number of hydrogen-bond acceptors (Lipinski definition) is 2. The third-order valence-electron chi connectivity index (χ3n) is 3.60. The number of ether oxygens (including phenoxy) is 1. The summed E-state index contributed by atoms with van der Waals surface area (Å²) in [5.74, 6) is 0.566. The third kappa shape index (κ3) is 3.88. The van der Waals surface area contributed by atoms with Crippen LogP contribution in [0.2, 0.25) is 0 Å². The van der Waals surface area contributed by atoms with E-state index >= 15 is 0 Å². The highest BCUT2D eigenvalue weighted by molar-refractivity contribution is 5.95. The highest BCUT2D eigenvalue weighted by Gasteiger charge is 2.17. The predicted octanol–water partition coefficient (Wildman–Crippen LogP) is 4.33. The van der Waals surface area contributed by atoms with E-state index < -0.39 is 6.10 Å². The second-order valence-electron chi connectivity index (χ2n) is 5.84. The smallest absolute Gasteiger partial charge is 0.265 e. The molecule has 0 aliphatic heterocycles. The van der Waals surface area contributed by atoms with Crippen molar-refractivity contribution in [3.63, 3.8) is 0 Å². The Balaban J connectivity index is 2.09. The maximum atomic E-state index is 12.4. The minimum atomic E-state index is -0.554. The normalized spacial score (nSPS) is 11.9. The second-order valence-corrected chi connectivity index (χ2v) is 5.84. The maximum absolute atomic E-state index is 12.4. The Hall–Kier alpha value is -2.29. The Morgan fingerprint density at radius 3 is 2.23 bits per heavy atom. The first kappa shape index (κ1) is 16.1. The molecule has 0 spiro atoms. The highest BCUT2D eigenvalue weighted by atomic mass is 16.5. The molecule has 0 saturated carbocycles. The minimum absolute atomic E-state index is 0.142. The number of carbonyl (C=O) groups is 1. The Labute approximate surface area is 132 Å². The first-order valence-electron chi connectivity index (χ1n) is 7.49. The summed E-state index contributed by atoms with van der Waals surface area (Å²) in [5, 5.41) is 2.98. The van der Waals surface area contributed by atoms with Gasteiger partial charge in [-0.3, -0.25) is 4.79 Å². The Kier molecular flexibility index (Phi) is 4.86. The standard InChI is InChI=1S/C19H23NO2/c1-12-7-6-8-17(11-12)22-16(5)19(21)20-18-14(3)9-13(2)10-15(18)4/h6-11,16H,1-5H3,(H,20,21)/t16-/m1/s1.